The number of hydrogen-bond acceptors (Lipinski definition) is 3. The van der Waals surface area contributed by atoms with Crippen molar-refractivity contribution in [3.05, 3.63) is 12.2 Å². The topological polar surface area (TPSA) is 50.9 Å². The molecule has 1 heterocycles. The third-order valence-corrected chi connectivity index (χ3v) is 2.71. The predicted molar refractivity (Wildman–Crippen MR) is 48.1 cm³/mol. The molecule has 1 N–H and O–H groups in total. The first-order chi connectivity index (χ1) is 6.42. The van der Waals surface area contributed by atoms with Crippen LogP contribution in [0.4, 0.5) is 0 Å². The van der Waals surface area contributed by atoms with Crippen LogP contribution in [0.5, 0.6) is 0 Å². The molecule has 1 aromatic rings. The molecule has 2 rings (SSSR count). The van der Waals surface area contributed by atoms with Gasteiger partial charge >= 0.3 is 0 Å². The zero-order valence-electron chi connectivity index (χ0n) is 7.69. The van der Waals surface area contributed by atoms with Crippen molar-refractivity contribution in [3.8, 4) is 0 Å². The van der Waals surface area contributed by atoms with E-state index in [0.29, 0.717) is 11.9 Å². The zero-order chi connectivity index (χ0) is 9.10. The molecule has 13 heavy (non-hydrogen) atoms. The zero-order valence-corrected chi connectivity index (χ0v) is 7.69. The summed E-state index contributed by atoms with van der Waals surface area (Å²) in [6.45, 7) is -0.00347. The molecule has 1 saturated carbocycles. The minimum atomic E-state index is -0.00347. The Balaban J connectivity index is 2.13. The lowest BCUT2D eigenvalue weighted by Gasteiger charge is -2.22. The summed E-state index contributed by atoms with van der Waals surface area (Å²) in [6, 6.07) is 0.471. The fourth-order valence-corrected chi connectivity index (χ4v) is 2.02. The predicted octanol–water partition coefficient (Wildman–Crippen LogP) is 1.28. The fraction of sp³-hybridized carbons (Fsp3) is 0.778. The van der Waals surface area contributed by atoms with Crippen molar-refractivity contribution >= 4 is 0 Å². The van der Waals surface area contributed by atoms with Crippen molar-refractivity contribution in [2.45, 2.75) is 44.8 Å². The maximum Gasteiger partial charge on any atom is 0.152 e. The first-order valence-corrected chi connectivity index (χ1v) is 4.91. The lowest BCUT2D eigenvalue weighted by atomic mass is 9.96. The van der Waals surface area contributed by atoms with E-state index in [2.05, 4.69) is 10.1 Å². The molecule has 1 fully saturated rings. The van der Waals surface area contributed by atoms with Crippen molar-refractivity contribution in [1.82, 2.24) is 14.8 Å². The monoisotopic (exact) mass is 181 g/mol. The van der Waals surface area contributed by atoms with Crippen LogP contribution >= 0.6 is 0 Å². The molecule has 1 aliphatic carbocycles. The smallest absolute Gasteiger partial charge is 0.152 e. The number of hydrogen-bond donors (Lipinski definition) is 1. The first kappa shape index (κ1) is 8.69. The van der Waals surface area contributed by atoms with Gasteiger partial charge in [0.2, 0.25) is 0 Å². The molecule has 0 saturated heterocycles. The van der Waals surface area contributed by atoms with Crippen LogP contribution in [0.25, 0.3) is 0 Å². The van der Waals surface area contributed by atoms with Crippen LogP contribution in [0.15, 0.2) is 6.33 Å². The third-order valence-electron chi connectivity index (χ3n) is 2.71. The molecule has 4 heteroatoms. The molecule has 0 amide bonds. The van der Waals surface area contributed by atoms with Crippen molar-refractivity contribution in [1.29, 1.82) is 0 Å². The highest BCUT2D eigenvalue weighted by atomic mass is 16.3. The second kappa shape index (κ2) is 3.87. The van der Waals surface area contributed by atoms with Crippen molar-refractivity contribution < 1.29 is 5.11 Å². The van der Waals surface area contributed by atoms with Crippen LogP contribution in [-0.4, -0.2) is 19.9 Å². The van der Waals surface area contributed by atoms with Gasteiger partial charge in [0.15, 0.2) is 5.82 Å². The highest BCUT2D eigenvalue weighted by Crippen LogP contribution is 2.27. The van der Waals surface area contributed by atoms with Gasteiger partial charge in [0, 0.05) is 0 Å². The maximum atomic E-state index is 9.01. The summed E-state index contributed by atoms with van der Waals surface area (Å²) in [7, 11) is 0. The Labute approximate surface area is 77.6 Å². The first-order valence-electron chi connectivity index (χ1n) is 4.91. The second-order valence-electron chi connectivity index (χ2n) is 3.57. The number of aromatic nitrogens is 3. The summed E-state index contributed by atoms with van der Waals surface area (Å²) in [5, 5.41) is 13.2. The Morgan fingerprint density at radius 1 is 1.38 bits per heavy atom. The number of rotatable bonds is 2. The molecule has 0 atom stereocenters. The van der Waals surface area contributed by atoms with Gasteiger partial charge in [-0.2, -0.15) is 5.10 Å². The van der Waals surface area contributed by atoms with Gasteiger partial charge in [0.05, 0.1) is 6.04 Å². The average Bonchev–Trinajstić information content (AvgIpc) is 2.67. The highest BCUT2D eigenvalue weighted by Gasteiger charge is 2.18. The van der Waals surface area contributed by atoms with E-state index in [9.17, 15) is 0 Å². The van der Waals surface area contributed by atoms with Gasteiger partial charge in [-0.3, -0.25) is 0 Å². The Morgan fingerprint density at radius 3 is 2.85 bits per heavy atom. The molecule has 4 nitrogen and oxygen atoms in total. The molecule has 0 aliphatic heterocycles. The van der Waals surface area contributed by atoms with Gasteiger partial charge in [0.25, 0.3) is 0 Å². The summed E-state index contributed by atoms with van der Waals surface area (Å²) >= 11 is 0. The van der Waals surface area contributed by atoms with Crippen molar-refractivity contribution in [3.63, 3.8) is 0 Å². The van der Waals surface area contributed by atoms with Gasteiger partial charge in [0.1, 0.15) is 12.9 Å². The van der Waals surface area contributed by atoms with E-state index in [-0.39, 0.29) is 6.61 Å². The number of aliphatic hydroxyl groups is 1. The average molecular weight is 181 g/mol. The SMILES string of the molecule is OCc1ncnn1C1CCCCC1. The van der Waals surface area contributed by atoms with E-state index >= 15 is 0 Å². The van der Waals surface area contributed by atoms with Crippen LogP contribution in [0.1, 0.15) is 44.0 Å². The summed E-state index contributed by atoms with van der Waals surface area (Å²) in [6.07, 6.45) is 7.76. The highest BCUT2D eigenvalue weighted by molar-refractivity contribution is 4.86. The maximum absolute atomic E-state index is 9.01. The fourth-order valence-electron chi connectivity index (χ4n) is 2.02. The van der Waals surface area contributed by atoms with E-state index in [0.717, 1.165) is 0 Å². The molecule has 0 spiro atoms. The lowest BCUT2D eigenvalue weighted by Crippen LogP contribution is -2.16. The number of nitrogens with zero attached hydrogens (tertiary/aromatic N) is 3. The minimum absolute atomic E-state index is 0.00347. The lowest BCUT2D eigenvalue weighted by molar-refractivity contribution is 0.243. The Morgan fingerprint density at radius 2 is 2.15 bits per heavy atom. The molecule has 0 aromatic carbocycles. The second-order valence-corrected chi connectivity index (χ2v) is 3.57. The van der Waals surface area contributed by atoms with Crippen LogP contribution in [0.3, 0.4) is 0 Å². The quantitative estimate of drug-likeness (QED) is 0.747. The normalized spacial score (nSPS) is 19.2. The van der Waals surface area contributed by atoms with E-state index < -0.39 is 0 Å². The molecule has 1 aliphatic rings. The molecular weight excluding hydrogens is 166 g/mol. The Bertz CT molecular complexity index is 266. The van der Waals surface area contributed by atoms with Gasteiger partial charge in [-0.25, -0.2) is 9.67 Å². The third kappa shape index (κ3) is 1.72. The molecule has 0 unspecified atom stereocenters. The molecule has 0 radical (unpaired) electrons. The van der Waals surface area contributed by atoms with E-state index in [1.54, 1.807) is 0 Å². The summed E-state index contributed by atoms with van der Waals surface area (Å²) in [5.74, 6) is 0.701. The largest absolute Gasteiger partial charge is 0.388 e. The molecule has 0 bridgehead atoms. The van der Waals surface area contributed by atoms with Gasteiger partial charge in [-0.1, -0.05) is 19.3 Å². The van der Waals surface area contributed by atoms with Crippen LogP contribution in [0, 0.1) is 0 Å². The van der Waals surface area contributed by atoms with Gasteiger partial charge in [-0.05, 0) is 12.8 Å². The number of aliphatic hydroxyl groups excluding tert-OH is 1. The summed E-state index contributed by atoms with van der Waals surface area (Å²) in [4.78, 5) is 4.01. The standard InChI is InChI=1S/C9H15N3O/c13-6-9-10-7-11-12(9)8-4-2-1-3-5-8/h7-8,13H,1-6H2. The van der Waals surface area contributed by atoms with Crippen LogP contribution < -0.4 is 0 Å². The Kier molecular flexibility index (Phi) is 2.59. The molecular formula is C9H15N3O. The minimum Gasteiger partial charge on any atom is -0.388 e. The van der Waals surface area contributed by atoms with Crippen molar-refractivity contribution in [2.24, 2.45) is 0 Å². The molecule has 1 aromatic heterocycles. The van der Waals surface area contributed by atoms with Crippen LogP contribution in [0.2, 0.25) is 0 Å². The van der Waals surface area contributed by atoms with Crippen molar-refractivity contribution in [2.75, 3.05) is 0 Å². The van der Waals surface area contributed by atoms with E-state index in [1.807, 2.05) is 4.68 Å². The Hall–Kier alpha value is -0.900. The van der Waals surface area contributed by atoms with Gasteiger partial charge < -0.3 is 5.11 Å². The van der Waals surface area contributed by atoms with Crippen LogP contribution in [-0.2, 0) is 6.61 Å². The van der Waals surface area contributed by atoms with E-state index in [4.69, 9.17) is 5.11 Å². The summed E-state index contributed by atoms with van der Waals surface area (Å²) in [5.41, 5.74) is 0. The van der Waals surface area contributed by atoms with E-state index in [1.165, 1.54) is 38.4 Å². The summed E-state index contributed by atoms with van der Waals surface area (Å²) < 4.78 is 1.89. The van der Waals surface area contributed by atoms with Gasteiger partial charge in [-0.15, -0.1) is 0 Å². The molecule has 72 valence electrons.